The Kier molecular flexibility index (Phi) is 7.29. The van der Waals surface area contributed by atoms with Gasteiger partial charge in [-0.15, -0.1) is 0 Å². The molecule has 0 spiro atoms. The SMILES string of the molecule is CC(C)Oc1ccc(C(=O)NCCCCCC(=O)[O-])cc1. The number of carbonyl (C=O) groups excluding carboxylic acids is 2. The van der Waals surface area contributed by atoms with Gasteiger partial charge in [-0.05, 0) is 57.4 Å². The number of carbonyl (C=O) groups is 2. The maximum atomic E-state index is 11.9. The number of carboxylic acid groups (broad SMARTS) is 1. The Hall–Kier alpha value is -2.04. The van der Waals surface area contributed by atoms with Crippen LogP contribution in [0.15, 0.2) is 24.3 Å². The number of hydrogen-bond acceptors (Lipinski definition) is 4. The number of benzene rings is 1. The Morgan fingerprint density at radius 3 is 2.38 bits per heavy atom. The average Bonchev–Trinajstić information content (AvgIpc) is 2.42. The molecular weight excluding hydrogens is 270 g/mol. The second-order valence-corrected chi connectivity index (χ2v) is 5.13. The fraction of sp³-hybridized carbons (Fsp3) is 0.500. The van der Waals surface area contributed by atoms with Gasteiger partial charge >= 0.3 is 0 Å². The summed E-state index contributed by atoms with van der Waals surface area (Å²) >= 11 is 0. The summed E-state index contributed by atoms with van der Waals surface area (Å²) in [6.07, 6.45) is 2.28. The van der Waals surface area contributed by atoms with Crippen molar-refractivity contribution in [3.05, 3.63) is 29.8 Å². The smallest absolute Gasteiger partial charge is 0.251 e. The van der Waals surface area contributed by atoms with E-state index in [1.807, 2.05) is 13.8 Å². The quantitative estimate of drug-likeness (QED) is 0.700. The Morgan fingerprint density at radius 1 is 1.14 bits per heavy atom. The fourth-order valence-corrected chi connectivity index (χ4v) is 1.83. The standard InChI is InChI=1S/C16H23NO4/c1-12(2)21-14-9-7-13(8-10-14)16(20)17-11-5-3-4-6-15(18)19/h7-10,12H,3-6,11H2,1-2H3,(H,17,20)(H,18,19)/p-1. The molecule has 0 saturated carbocycles. The summed E-state index contributed by atoms with van der Waals surface area (Å²) in [5, 5.41) is 13.0. The van der Waals surface area contributed by atoms with E-state index < -0.39 is 5.97 Å². The minimum Gasteiger partial charge on any atom is -0.550 e. The van der Waals surface area contributed by atoms with E-state index in [-0.39, 0.29) is 18.4 Å². The Balaban J connectivity index is 2.27. The number of unbranched alkanes of at least 4 members (excludes halogenated alkanes) is 2. The van der Waals surface area contributed by atoms with E-state index in [0.29, 0.717) is 18.5 Å². The number of aliphatic carboxylic acids is 1. The van der Waals surface area contributed by atoms with Crippen molar-refractivity contribution in [2.75, 3.05) is 6.54 Å². The molecule has 1 rings (SSSR count). The van der Waals surface area contributed by atoms with Crippen LogP contribution in [0.5, 0.6) is 5.75 Å². The van der Waals surface area contributed by atoms with E-state index in [1.165, 1.54) is 0 Å². The Morgan fingerprint density at radius 2 is 1.81 bits per heavy atom. The molecule has 1 aromatic rings. The molecule has 0 unspecified atom stereocenters. The number of ether oxygens (including phenoxy) is 1. The fourth-order valence-electron chi connectivity index (χ4n) is 1.83. The first-order valence-corrected chi connectivity index (χ1v) is 7.24. The van der Waals surface area contributed by atoms with Crippen molar-refractivity contribution < 1.29 is 19.4 Å². The second kappa shape index (κ2) is 9.00. The highest BCUT2D eigenvalue weighted by atomic mass is 16.5. The molecule has 0 aliphatic heterocycles. The van der Waals surface area contributed by atoms with Gasteiger partial charge in [0.05, 0.1) is 6.10 Å². The van der Waals surface area contributed by atoms with Gasteiger partial charge in [0.2, 0.25) is 0 Å². The summed E-state index contributed by atoms with van der Waals surface area (Å²) in [5.74, 6) is -0.419. The van der Waals surface area contributed by atoms with E-state index in [9.17, 15) is 14.7 Å². The van der Waals surface area contributed by atoms with Crippen molar-refractivity contribution in [2.45, 2.75) is 45.6 Å². The summed E-state index contributed by atoms with van der Waals surface area (Å²) in [5.41, 5.74) is 0.584. The molecule has 1 aromatic carbocycles. The summed E-state index contributed by atoms with van der Waals surface area (Å²) in [7, 11) is 0. The lowest BCUT2D eigenvalue weighted by molar-refractivity contribution is -0.305. The second-order valence-electron chi connectivity index (χ2n) is 5.13. The molecule has 0 aliphatic carbocycles. The molecule has 0 atom stereocenters. The van der Waals surface area contributed by atoms with Crippen LogP contribution >= 0.6 is 0 Å². The molecule has 1 N–H and O–H groups in total. The van der Waals surface area contributed by atoms with Crippen LogP contribution in [0.1, 0.15) is 49.9 Å². The molecule has 0 aliphatic rings. The number of rotatable bonds is 9. The predicted molar refractivity (Wildman–Crippen MR) is 78.0 cm³/mol. The lowest BCUT2D eigenvalue weighted by Gasteiger charge is -2.10. The predicted octanol–water partition coefficient (Wildman–Crippen LogP) is 1.51. The largest absolute Gasteiger partial charge is 0.550 e. The van der Waals surface area contributed by atoms with Gasteiger partial charge < -0.3 is 20.0 Å². The lowest BCUT2D eigenvalue weighted by atomic mass is 10.2. The molecule has 1 amide bonds. The molecule has 21 heavy (non-hydrogen) atoms. The number of nitrogens with one attached hydrogen (secondary N) is 1. The molecule has 0 heterocycles. The van der Waals surface area contributed by atoms with Gasteiger partial charge in [0, 0.05) is 18.1 Å². The van der Waals surface area contributed by atoms with Crippen LogP contribution in [-0.2, 0) is 4.79 Å². The van der Waals surface area contributed by atoms with Crippen LogP contribution in [0.4, 0.5) is 0 Å². The normalized spacial score (nSPS) is 10.4. The topological polar surface area (TPSA) is 78.5 Å². The van der Waals surface area contributed by atoms with Gasteiger partial charge in [-0.25, -0.2) is 0 Å². The third kappa shape index (κ3) is 7.34. The van der Waals surface area contributed by atoms with Crippen LogP contribution in [-0.4, -0.2) is 24.5 Å². The van der Waals surface area contributed by atoms with E-state index in [2.05, 4.69) is 5.32 Å². The van der Waals surface area contributed by atoms with Crippen molar-refractivity contribution in [1.29, 1.82) is 0 Å². The van der Waals surface area contributed by atoms with Gasteiger partial charge in [0.1, 0.15) is 5.75 Å². The summed E-state index contributed by atoms with van der Waals surface area (Å²) in [4.78, 5) is 22.1. The van der Waals surface area contributed by atoms with Crippen LogP contribution < -0.4 is 15.2 Å². The van der Waals surface area contributed by atoms with Crippen LogP contribution in [0, 0.1) is 0 Å². The zero-order chi connectivity index (χ0) is 15.7. The van der Waals surface area contributed by atoms with Gasteiger partial charge in [0.15, 0.2) is 0 Å². The molecule has 5 nitrogen and oxygen atoms in total. The minimum absolute atomic E-state index is 0.0747. The lowest BCUT2D eigenvalue weighted by Crippen LogP contribution is -2.24. The molecule has 0 fully saturated rings. The minimum atomic E-state index is -1.03. The van der Waals surface area contributed by atoms with Crippen LogP contribution in [0.3, 0.4) is 0 Å². The average molecular weight is 292 g/mol. The first-order chi connectivity index (χ1) is 9.99. The van der Waals surface area contributed by atoms with Crippen LogP contribution in [0.25, 0.3) is 0 Å². The molecular formula is C16H22NO4-. The van der Waals surface area contributed by atoms with Gasteiger partial charge in [0.25, 0.3) is 5.91 Å². The number of hydrogen-bond donors (Lipinski definition) is 1. The van der Waals surface area contributed by atoms with E-state index >= 15 is 0 Å². The highest BCUT2D eigenvalue weighted by Crippen LogP contribution is 2.13. The number of amides is 1. The molecule has 5 heteroatoms. The summed E-state index contributed by atoms with van der Waals surface area (Å²) in [6, 6.07) is 7.00. The molecule has 0 aromatic heterocycles. The summed E-state index contributed by atoms with van der Waals surface area (Å²) < 4.78 is 5.51. The van der Waals surface area contributed by atoms with Crippen molar-refractivity contribution in [2.24, 2.45) is 0 Å². The molecule has 116 valence electrons. The Labute approximate surface area is 125 Å². The molecule has 0 radical (unpaired) electrons. The van der Waals surface area contributed by atoms with E-state index in [1.54, 1.807) is 24.3 Å². The van der Waals surface area contributed by atoms with Crippen molar-refractivity contribution in [1.82, 2.24) is 5.32 Å². The molecule has 0 saturated heterocycles. The van der Waals surface area contributed by atoms with E-state index in [4.69, 9.17) is 4.74 Å². The maximum Gasteiger partial charge on any atom is 0.251 e. The number of carboxylic acids is 1. The van der Waals surface area contributed by atoms with Crippen molar-refractivity contribution in [3.8, 4) is 5.75 Å². The van der Waals surface area contributed by atoms with Crippen molar-refractivity contribution >= 4 is 11.9 Å². The van der Waals surface area contributed by atoms with Gasteiger partial charge in [-0.2, -0.15) is 0 Å². The third-order valence-electron chi connectivity index (χ3n) is 2.83. The zero-order valence-corrected chi connectivity index (χ0v) is 12.6. The monoisotopic (exact) mass is 292 g/mol. The van der Waals surface area contributed by atoms with Crippen LogP contribution in [0.2, 0.25) is 0 Å². The Bertz CT molecular complexity index is 454. The first-order valence-electron chi connectivity index (χ1n) is 7.24. The third-order valence-corrected chi connectivity index (χ3v) is 2.83. The first kappa shape index (κ1) is 17.0. The highest BCUT2D eigenvalue weighted by Gasteiger charge is 2.05. The van der Waals surface area contributed by atoms with E-state index in [0.717, 1.165) is 18.6 Å². The van der Waals surface area contributed by atoms with Crippen molar-refractivity contribution in [3.63, 3.8) is 0 Å². The van der Waals surface area contributed by atoms with Gasteiger partial charge in [-0.3, -0.25) is 4.79 Å². The highest BCUT2D eigenvalue weighted by molar-refractivity contribution is 5.94. The van der Waals surface area contributed by atoms with Gasteiger partial charge in [-0.1, -0.05) is 6.42 Å². The summed E-state index contributed by atoms with van der Waals surface area (Å²) in [6.45, 7) is 4.43. The zero-order valence-electron chi connectivity index (χ0n) is 12.6. The maximum absolute atomic E-state index is 11.9. The molecule has 0 bridgehead atoms.